The zero-order chi connectivity index (χ0) is 17.6. The molecule has 0 amide bonds. The number of hydrogen-bond acceptors (Lipinski definition) is 5. The van der Waals surface area contributed by atoms with Crippen LogP contribution in [0.1, 0.15) is 25.7 Å². The van der Waals surface area contributed by atoms with Crippen LogP contribution in [0.4, 0.5) is 5.13 Å². The van der Waals surface area contributed by atoms with E-state index in [4.69, 9.17) is 16.6 Å². The standard InChI is InChI=1S/C17H22ClN3O2S2/c1-20(25(22,23)13-5-6-13)11-12-7-9-21(10-8-12)17-19-16-14(18)3-2-4-15(16)24-17/h2-4,12-13H,5-11H2,1H3. The van der Waals surface area contributed by atoms with Gasteiger partial charge in [0.05, 0.1) is 15.0 Å². The third kappa shape index (κ3) is 3.52. The lowest BCUT2D eigenvalue weighted by Gasteiger charge is -2.33. The normalized spacial score (nSPS) is 19.9. The summed E-state index contributed by atoms with van der Waals surface area (Å²) in [5, 5.41) is 1.59. The molecular formula is C17H22ClN3O2S2. The number of hydrogen-bond donors (Lipinski definition) is 0. The van der Waals surface area contributed by atoms with Crippen LogP contribution >= 0.6 is 22.9 Å². The number of benzene rings is 1. The van der Waals surface area contributed by atoms with Gasteiger partial charge in [0.2, 0.25) is 10.0 Å². The van der Waals surface area contributed by atoms with Crippen LogP contribution in [0.5, 0.6) is 0 Å². The van der Waals surface area contributed by atoms with Crippen LogP contribution in [0.2, 0.25) is 5.02 Å². The monoisotopic (exact) mass is 399 g/mol. The van der Waals surface area contributed by atoms with Gasteiger partial charge in [-0.1, -0.05) is 29.0 Å². The van der Waals surface area contributed by atoms with E-state index in [0.29, 0.717) is 17.5 Å². The summed E-state index contributed by atoms with van der Waals surface area (Å²) in [6.07, 6.45) is 3.64. The number of fused-ring (bicyclic) bond motifs is 1. The number of halogens is 1. The first-order valence-corrected chi connectivity index (χ1v) is 11.4. The molecule has 136 valence electrons. The third-order valence-electron chi connectivity index (χ3n) is 5.14. The van der Waals surface area contributed by atoms with Gasteiger partial charge in [-0.15, -0.1) is 0 Å². The first-order valence-electron chi connectivity index (χ1n) is 8.70. The Kier molecular flexibility index (Phi) is 4.68. The summed E-state index contributed by atoms with van der Waals surface area (Å²) in [7, 11) is -1.33. The highest BCUT2D eigenvalue weighted by Gasteiger charge is 2.39. The third-order valence-corrected chi connectivity index (χ3v) is 8.86. The molecule has 0 N–H and O–H groups in total. The molecule has 0 radical (unpaired) electrons. The lowest BCUT2D eigenvalue weighted by Crippen LogP contribution is -2.40. The molecule has 4 rings (SSSR count). The van der Waals surface area contributed by atoms with Crippen molar-refractivity contribution in [2.24, 2.45) is 5.92 Å². The minimum Gasteiger partial charge on any atom is -0.348 e. The Labute approximate surface area is 157 Å². The summed E-state index contributed by atoms with van der Waals surface area (Å²) in [6.45, 7) is 2.47. The van der Waals surface area contributed by atoms with Crippen molar-refractivity contribution in [1.29, 1.82) is 0 Å². The van der Waals surface area contributed by atoms with Crippen LogP contribution in [0, 0.1) is 5.92 Å². The number of anilines is 1. The maximum atomic E-state index is 12.3. The van der Waals surface area contributed by atoms with Gasteiger partial charge in [0.1, 0.15) is 5.52 Å². The van der Waals surface area contributed by atoms with E-state index >= 15 is 0 Å². The van der Waals surface area contributed by atoms with Gasteiger partial charge in [-0.05, 0) is 43.7 Å². The predicted molar refractivity (Wildman–Crippen MR) is 104 cm³/mol. The van der Waals surface area contributed by atoms with Crippen molar-refractivity contribution in [1.82, 2.24) is 9.29 Å². The molecule has 2 aromatic rings. The number of para-hydroxylation sites is 1. The molecule has 0 bridgehead atoms. The number of thiazole rings is 1. The SMILES string of the molecule is CN(CC1CCN(c2nc3c(Cl)cccc3s2)CC1)S(=O)(=O)C1CC1. The summed E-state index contributed by atoms with van der Waals surface area (Å²) < 4.78 is 27.3. The fourth-order valence-electron chi connectivity index (χ4n) is 3.43. The van der Waals surface area contributed by atoms with Crippen molar-refractivity contribution in [3.63, 3.8) is 0 Å². The van der Waals surface area contributed by atoms with E-state index in [1.54, 1.807) is 22.7 Å². The fourth-order valence-corrected chi connectivity index (χ4v) is 6.41. The lowest BCUT2D eigenvalue weighted by molar-refractivity contribution is 0.327. The van der Waals surface area contributed by atoms with Crippen LogP contribution in [-0.2, 0) is 10.0 Å². The van der Waals surface area contributed by atoms with Crippen LogP contribution < -0.4 is 4.90 Å². The molecular weight excluding hydrogens is 378 g/mol. The molecule has 1 aromatic heterocycles. The predicted octanol–water partition coefficient (Wildman–Crippen LogP) is 3.59. The maximum absolute atomic E-state index is 12.3. The highest BCUT2D eigenvalue weighted by Crippen LogP contribution is 2.35. The quantitative estimate of drug-likeness (QED) is 0.770. The van der Waals surface area contributed by atoms with E-state index in [9.17, 15) is 8.42 Å². The molecule has 25 heavy (non-hydrogen) atoms. The van der Waals surface area contributed by atoms with Crippen LogP contribution in [-0.4, -0.2) is 49.6 Å². The van der Waals surface area contributed by atoms with Gasteiger partial charge >= 0.3 is 0 Å². The second-order valence-corrected chi connectivity index (χ2v) is 10.8. The van der Waals surface area contributed by atoms with E-state index in [-0.39, 0.29) is 5.25 Å². The average molecular weight is 400 g/mol. The zero-order valence-corrected chi connectivity index (χ0v) is 16.6. The van der Waals surface area contributed by atoms with Crippen molar-refractivity contribution < 1.29 is 8.42 Å². The topological polar surface area (TPSA) is 53.5 Å². The second kappa shape index (κ2) is 6.68. The van der Waals surface area contributed by atoms with E-state index in [0.717, 1.165) is 54.1 Å². The Morgan fingerprint density at radius 2 is 2.00 bits per heavy atom. The number of rotatable bonds is 5. The summed E-state index contributed by atoms with van der Waals surface area (Å²) >= 11 is 7.90. The van der Waals surface area contributed by atoms with Gasteiger partial charge in [-0.3, -0.25) is 0 Å². The Balaban J connectivity index is 1.38. The number of piperidine rings is 1. The molecule has 5 nitrogen and oxygen atoms in total. The number of sulfonamides is 1. The molecule has 1 aromatic carbocycles. The molecule has 1 saturated heterocycles. The molecule has 0 unspecified atom stereocenters. The van der Waals surface area contributed by atoms with Crippen molar-refractivity contribution in [2.75, 3.05) is 31.6 Å². The second-order valence-electron chi connectivity index (χ2n) is 7.04. The van der Waals surface area contributed by atoms with E-state index in [1.807, 2.05) is 18.2 Å². The Morgan fingerprint density at radius 3 is 2.64 bits per heavy atom. The largest absolute Gasteiger partial charge is 0.348 e. The van der Waals surface area contributed by atoms with Gasteiger partial charge < -0.3 is 4.90 Å². The maximum Gasteiger partial charge on any atom is 0.216 e. The minimum atomic E-state index is -3.06. The van der Waals surface area contributed by atoms with Crippen molar-refractivity contribution in [3.05, 3.63) is 23.2 Å². The lowest BCUT2D eigenvalue weighted by atomic mass is 9.97. The molecule has 1 saturated carbocycles. The van der Waals surface area contributed by atoms with Crippen molar-refractivity contribution in [3.8, 4) is 0 Å². The molecule has 0 spiro atoms. The van der Waals surface area contributed by atoms with Crippen LogP contribution in [0.3, 0.4) is 0 Å². The molecule has 8 heteroatoms. The van der Waals surface area contributed by atoms with E-state index in [2.05, 4.69) is 4.90 Å². The van der Waals surface area contributed by atoms with E-state index in [1.165, 1.54) is 0 Å². The molecule has 0 atom stereocenters. The molecule has 1 aliphatic heterocycles. The Morgan fingerprint density at radius 1 is 1.28 bits per heavy atom. The first-order chi connectivity index (χ1) is 11.9. The van der Waals surface area contributed by atoms with E-state index < -0.39 is 10.0 Å². The highest BCUT2D eigenvalue weighted by atomic mass is 35.5. The van der Waals surface area contributed by atoms with Gasteiger partial charge in [-0.25, -0.2) is 17.7 Å². The zero-order valence-electron chi connectivity index (χ0n) is 14.2. The Hall–Kier alpha value is -0.890. The Bertz CT molecular complexity index is 871. The fraction of sp³-hybridized carbons (Fsp3) is 0.588. The van der Waals surface area contributed by atoms with Crippen LogP contribution in [0.25, 0.3) is 10.2 Å². The molecule has 1 aliphatic carbocycles. The van der Waals surface area contributed by atoms with Gasteiger partial charge in [0, 0.05) is 26.7 Å². The van der Waals surface area contributed by atoms with Crippen LogP contribution in [0.15, 0.2) is 18.2 Å². The summed E-state index contributed by atoms with van der Waals surface area (Å²) in [5.74, 6) is 0.424. The van der Waals surface area contributed by atoms with Crippen molar-refractivity contribution in [2.45, 2.75) is 30.9 Å². The minimum absolute atomic E-state index is 0.120. The van der Waals surface area contributed by atoms with Crippen molar-refractivity contribution >= 4 is 48.3 Å². The number of aromatic nitrogens is 1. The smallest absolute Gasteiger partial charge is 0.216 e. The highest BCUT2D eigenvalue weighted by molar-refractivity contribution is 7.90. The summed E-state index contributed by atoms with van der Waals surface area (Å²) in [6, 6.07) is 5.87. The molecule has 2 heterocycles. The van der Waals surface area contributed by atoms with Gasteiger partial charge in [-0.2, -0.15) is 0 Å². The average Bonchev–Trinajstić information content (AvgIpc) is 3.36. The molecule has 2 fully saturated rings. The number of nitrogens with zero attached hydrogens (tertiary/aromatic N) is 3. The summed E-state index contributed by atoms with van der Waals surface area (Å²) in [4.78, 5) is 7.00. The van der Waals surface area contributed by atoms with Gasteiger partial charge in [0.25, 0.3) is 0 Å². The first kappa shape index (κ1) is 17.5. The molecule has 2 aliphatic rings. The van der Waals surface area contributed by atoms with Gasteiger partial charge in [0.15, 0.2) is 5.13 Å². The summed E-state index contributed by atoms with van der Waals surface area (Å²) in [5.41, 5.74) is 0.876.